The summed E-state index contributed by atoms with van der Waals surface area (Å²) in [4.78, 5) is 17.4. The van der Waals surface area contributed by atoms with Gasteiger partial charge in [-0.2, -0.15) is 18.3 Å². The molecule has 1 saturated heterocycles. The summed E-state index contributed by atoms with van der Waals surface area (Å²) in [5.74, 6) is -0.958. The Kier molecular flexibility index (Phi) is 7.32. The Morgan fingerprint density at radius 2 is 1.71 bits per heavy atom. The molecule has 1 amide bonds. The number of hydrogen-bond donors (Lipinski definition) is 0. The predicted octanol–water partition coefficient (Wildman–Crippen LogP) is 6.98. The van der Waals surface area contributed by atoms with Crippen molar-refractivity contribution in [3.63, 3.8) is 0 Å². The molecular formula is C32H28F4N4O2. The molecule has 0 spiro atoms. The van der Waals surface area contributed by atoms with E-state index in [-0.39, 0.29) is 29.2 Å². The van der Waals surface area contributed by atoms with E-state index in [1.165, 1.54) is 43.5 Å². The number of aromatic nitrogens is 2. The van der Waals surface area contributed by atoms with Crippen LogP contribution >= 0.6 is 0 Å². The van der Waals surface area contributed by atoms with E-state index >= 15 is 4.39 Å². The number of halogens is 4. The van der Waals surface area contributed by atoms with Crippen molar-refractivity contribution in [2.75, 3.05) is 31.6 Å². The zero-order chi connectivity index (χ0) is 29.4. The van der Waals surface area contributed by atoms with Crippen LogP contribution in [0, 0.1) is 5.82 Å². The van der Waals surface area contributed by atoms with Crippen LogP contribution in [-0.2, 0) is 12.7 Å². The molecule has 0 saturated carbocycles. The number of carbonyl (C=O) groups is 1. The maximum atomic E-state index is 15.8. The Morgan fingerprint density at radius 3 is 2.40 bits per heavy atom. The number of likely N-dealkylation sites (tertiary alicyclic amines) is 1. The van der Waals surface area contributed by atoms with Gasteiger partial charge in [-0.15, -0.1) is 0 Å². The quantitative estimate of drug-likeness (QED) is 0.233. The standard InChI is InChI=1S/C32H28F4N4O2/c1-42-24-13-11-23(12-14-24)40-29-26(30(37-40)32(34,35)36)9-6-18-39(31(29)41)28-15-10-21(19-27(28)33)25-8-3-2-7-22(25)20-38-16-4-5-17-38/h2-3,6-15,19H,4-5,16-18,20H2,1H3. The molecule has 1 aromatic heterocycles. The molecule has 0 bridgehead atoms. The number of fused-ring (bicyclic) bond motifs is 1. The number of carbonyl (C=O) groups excluding carboxylic acids is 1. The van der Waals surface area contributed by atoms with Crippen LogP contribution in [0.2, 0.25) is 0 Å². The van der Waals surface area contributed by atoms with Crippen LogP contribution in [0.3, 0.4) is 0 Å². The Morgan fingerprint density at radius 1 is 0.976 bits per heavy atom. The van der Waals surface area contributed by atoms with Crippen molar-refractivity contribution in [2.45, 2.75) is 25.6 Å². The molecule has 3 aromatic carbocycles. The fourth-order valence-electron chi connectivity index (χ4n) is 5.62. The highest BCUT2D eigenvalue weighted by Gasteiger charge is 2.41. The Hall–Kier alpha value is -4.44. The van der Waals surface area contributed by atoms with E-state index in [0.717, 1.165) is 53.2 Å². The minimum Gasteiger partial charge on any atom is -0.497 e. The molecule has 2 aliphatic heterocycles. The lowest BCUT2D eigenvalue weighted by Gasteiger charge is -2.22. The topological polar surface area (TPSA) is 50.6 Å². The lowest BCUT2D eigenvalue weighted by atomic mass is 9.98. The number of ether oxygens (including phenoxy) is 1. The first kappa shape index (κ1) is 27.7. The largest absolute Gasteiger partial charge is 0.497 e. The molecule has 4 aromatic rings. The van der Waals surface area contributed by atoms with E-state index in [2.05, 4.69) is 10.00 Å². The third kappa shape index (κ3) is 5.18. The highest BCUT2D eigenvalue weighted by molar-refractivity contribution is 6.09. The van der Waals surface area contributed by atoms with Crippen LogP contribution in [0.5, 0.6) is 5.75 Å². The van der Waals surface area contributed by atoms with Gasteiger partial charge in [0.25, 0.3) is 5.91 Å². The average Bonchev–Trinajstić information content (AvgIpc) is 3.60. The molecule has 3 heterocycles. The fraction of sp³-hybridized carbons (Fsp3) is 0.250. The number of hydrogen-bond acceptors (Lipinski definition) is 4. The van der Waals surface area contributed by atoms with Crippen molar-refractivity contribution >= 4 is 17.7 Å². The van der Waals surface area contributed by atoms with Gasteiger partial charge in [-0.05, 0) is 79.0 Å². The maximum Gasteiger partial charge on any atom is 0.435 e. The first-order valence-corrected chi connectivity index (χ1v) is 13.7. The molecule has 0 N–H and O–H groups in total. The average molecular weight is 577 g/mol. The normalized spacial score (nSPS) is 15.6. The molecule has 1 fully saturated rings. The minimum absolute atomic E-state index is 0.0330. The number of rotatable bonds is 6. The molecule has 2 aliphatic rings. The predicted molar refractivity (Wildman–Crippen MR) is 152 cm³/mol. The van der Waals surface area contributed by atoms with Crippen molar-refractivity contribution in [1.82, 2.24) is 14.7 Å². The smallest absolute Gasteiger partial charge is 0.435 e. The van der Waals surface area contributed by atoms with Crippen LogP contribution in [0.15, 0.2) is 72.8 Å². The fourth-order valence-corrected chi connectivity index (χ4v) is 5.62. The molecule has 216 valence electrons. The van der Waals surface area contributed by atoms with Gasteiger partial charge in [0, 0.05) is 18.7 Å². The third-order valence-corrected chi connectivity index (χ3v) is 7.69. The second-order valence-electron chi connectivity index (χ2n) is 10.3. The number of amides is 1. The van der Waals surface area contributed by atoms with E-state index in [1.807, 2.05) is 24.3 Å². The molecular weight excluding hydrogens is 548 g/mol. The van der Waals surface area contributed by atoms with Crippen molar-refractivity contribution < 1.29 is 27.1 Å². The van der Waals surface area contributed by atoms with Crippen LogP contribution in [-0.4, -0.2) is 47.3 Å². The molecule has 6 nitrogen and oxygen atoms in total. The van der Waals surface area contributed by atoms with Gasteiger partial charge in [0.1, 0.15) is 17.3 Å². The summed E-state index contributed by atoms with van der Waals surface area (Å²) < 4.78 is 64.0. The van der Waals surface area contributed by atoms with E-state index < -0.39 is 23.6 Å². The van der Waals surface area contributed by atoms with Crippen LogP contribution < -0.4 is 9.64 Å². The summed E-state index contributed by atoms with van der Waals surface area (Å²) in [6.07, 6.45) is 0.152. The second kappa shape index (κ2) is 11.1. The molecule has 0 aliphatic carbocycles. The number of benzene rings is 3. The van der Waals surface area contributed by atoms with Crippen LogP contribution in [0.25, 0.3) is 22.9 Å². The lowest BCUT2D eigenvalue weighted by molar-refractivity contribution is -0.141. The van der Waals surface area contributed by atoms with Crippen LogP contribution in [0.4, 0.5) is 23.2 Å². The first-order valence-electron chi connectivity index (χ1n) is 13.7. The minimum atomic E-state index is -4.81. The van der Waals surface area contributed by atoms with E-state index in [1.54, 1.807) is 18.2 Å². The number of anilines is 1. The third-order valence-electron chi connectivity index (χ3n) is 7.69. The highest BCUT2D eigenvalue weighted by Crippen LogP contribution is 2.37. The van der Waals surface area contributed by atoms with Crippen molar-refractivity contribution in [1.29, 1.82) is 0 Å². The molecule has 0 atom stereocenters. The zero-order valence-electron chi connectivity index (χ0n) is 22.9. The monoisotopic (exact) mass is 576 g/mol. The van der Waals surface area contributed by atoms with E-state index in [9.17, 15) is 18.0 Å². The number of alkyl halides is 3. The maximum absolute atomic E-state index is 15.8. The summed E-state index contributed by atoms with van der Waals surface area (Å²) in [5.41, 5.74) is 0.974. The number of nitrogens with zero attached hydrogens (tertiary/aromatic N) is 4. The van der Waals surface area contributed by atoms with Gasteiger partial charge < -0.3 is 9.64 Å². The van der Waals surface area contributed by atoms with Crippen molar-refractivity contribution in [3.05, 3.63) is 101 Å². The second-order valence-corrected chi connectivity index (χ2v) is 10.3. The van der Waals surface area contributed by atoms with Crippen LogP contribution in [0.1, 0.15) is 40.2 Å². The first-order chi connectivity index (χ1) is 20.2. The van der Waals surface area contributed by atoms with Gasteiger partial charge in [0.15, 0.2) is 5.69 Å². The van der Waals surface area contributed by atoms with Gasteiger partial charge >= 0.3 is 6.18 Å². The lowest BCUT2D eigenvalue weighted by Crippen LogP contribution is -2.33. The van der Waals surface area contributed by atoms with Gasteiger partial charge in [-0.3, -0.25) is 9.69 Å². The SMILES string of the molecule is COc1ccc(-n2nc(C(F)(F)F)c3c2C(=O)N(c2ccc(-c4ccccc4CN4CCCC4)cc2F)CC=C3)cc1. The Balaban J connectivity index is 1.38. The van der Waals surface area contributed by atoms with E-state index in [0.29, 0.717) is 11.3 Å². The van der Waals surface area contributed by atoms with E-state index in [4.69, 9.17) is 4.74 Å². The van der Waals surface area contributed by atoms with Gasteiger partial charge in [0.2, 0.25) is 0 Å². The highest BCUT2D eigenvalue weighted by atomic mass is 19.4. The van der Waals surface area contributed by atoms with Crippen molar-refractivity contribution in [2.24, 2.45) is 0 Å². The summed E-state index contributed by atoms with van der Waals surface area (Å²) in [6, 6.07) is 18.6. The van der Waals surface area contributed by atoms with Gasteiger partial charge in [-0.1, -0.05) is 42.5 Å². The summed E-state index contributed by atoms with van der Waals surface area (Å²) in [6.45, 7) is 2.69. The van der Waals surface area contributed by atoms with Gasteiger partial charge in [-0.25, -0.2) is 9.07 Å². The molecule has 10 heteroatoms. The Bertz CT molecular complexity index is 1650. The summed E-state index contributed by atoms with van der Waals surface area (Å²) in [7, 11) is 1.47. The summed E-state index contributed by atoms with van der Waals surface area (Å²) in [5, 5.41) is 3.79. The zero-order valence-corrected chi connectivity index (χ0v) is 22.9. The Labute approximate surface area is 240 Å². The molecule has 6 rings (SSSR count). The number of methoxy groups -OCH3 is 1. The van der Waals surface area contributed by atoms with Gasteiger partial charge in [0.05, 0.1) is 18.5 Å². The molecule has 0 unspecified atom stereocenters. The summed E-state index contributed by atoms with van der Waals surface area (Å²) >= 11 is 0. The molecule has 42 heavy (non-hydrogen) atoms. The molecule has 0 radical (unpaired) electrons. The van der Waals surface area contributed by atoms with Crippen molar-refractivity contribution in [3.8, 4) is 22.6 Å².